The molecule has 6 heteroatoms. The summed E-state index contributed by atoms with van der Waals surface area (Å²) in [4.78, 5) is 21.0. The molecule has 0 fully saturated rings. The van der Waals surface area contributed by atoms with Gasteiger partial charge in [-0.05, 0) is 26.0 Å². The van der Waals surface area contributed by atoms with Crippen LogP contribution in [0.4, 0.5) is 0 Å². The third kappa shape index (κ3) is 5.16. The Morgan fingerprint density at radius 1 is 1.48 bits per heavy atom. The van der Waals surface area contributed by atoms with E-state index in [0.29, 0.717) is 23.6 Å². The van der Waals surface area contributed by atoms with Gasteiger partial charge >= 0.3 is 5.97 Å². The highest BCUT2D eigenvalue weighted by molar-refractivity contribution is 7.13. The maximum atomic E-state index is 12.2. The van der Waals surface area contributed by atoms with Gasteiger partial charge in [-0.25, -0.2) is 9.78 Å². The second-order valence-corrected chi connectivity index (χ2v) is 6.00. The van der Waals surface area contributed by atoms with E-state index in [0.717, 1.165) is 10.6 Å². The Bertz CT molecular complexity index is 716. The maximum absolute atomic E-state index is 12.2. The normalized spacial score (nSPS) is 11.4. The van der Waals surface area contributed by atoms with E-state index in [1.165, 1.54) is 11.3 Å². The van der Waals surface area contributed by atoms with Crippen LogP contribution in [0.2, 0.25) is 0 Å². The summed E-state index contributed by atoms with van der Waals surface area (Å²) in [7, 11) is 1.59. The number of esters is 1. The molecule has 1 atom stereocenters. The van der Waals surface area contributed by atoms with Crippen molar-refractivity contribution in [3.8, 4) is 11.8 Å². The van der Waals surface area contributed by atoms with E-state index in [1.54, 1.807) is 26.4 Å². The van der Waals surface area contributed by atoms with Crippen molar-refractivity contribution in [3.05, 3.63) is 45.7 Å². The number of carbonyl (C=O) groups excluding carboxylic acids is 1. The molecule has 0 aliphatic rings. The molecule has 0 spiro atoms. The molecule has 0 saturated heterocycles. The van der Waals surface area contributed by atoms with Gasteiger partial charge in [-0.2, -0.15) is 0 Å². The Labute approximate surface area is 139 Å². The zero-order valence-electron chi connectivity index (χ0n) is 13.3. The largest absolute Gasteiger partial charge is 0.457 e. The summed E-state index contributed by atoms with van der Waals surface area (Å²) in [6, 6.07) is 3.71. The summed E-state index contributed by atoms with van der Waals surface area (Å²) in [5, 5.41) is 0.765. The van der Waals surface area contributed by atoms with Crippen LogP contribution in [0.25, 0.3) is 0 Å². The number of hydrogen-bond donors (Lipinski definition) is 0. The highest BCUT2D eigenvalue weighted by Gasteiger charge is 2.18. The second kappa shape index (κ2) is 8.42. The fourth-order valence-electron chi connectivity index (χ4n) is 1.84. The van der Waals surface area contributed by atoms with Crippen LogP contribution in [-0.4, -0.2) is 29.2 Å². The Morgan fingerprint density at radius 3 is 3.00 bits per heavy atom. The number of nitrogens with zero attached hydrogens (tertiary/aromatic N) is 2. The van der Waals surface area contributed by atoms with Crippen molar-refractivity contribution in [3.63, 3.8) is 0 Å². The van der Waals surface area contributed by atoms with Crippen molar-refractivity contribution >= 4 is 17.3 Å². The molecular weight excluding hydrogens is 312 g/mol. The monoisotopic (exact) mass is 330 g/mol. The molecule has 0 saturated carbocycles. The van der Waals surface area contributed by atoms with Crippen LogP contribution in [0.15, 0.2) is 24.5 Å². The molecule has 0 aliphatic heterocycles. The van der Waals surface area contributed by atoms with Crippen molar-refractivity contribution in [1.29, 1.82) is 0 Å². The van der Waals surface area contributed by atoms with E-state index in [-0.39, 0.29) is 12.1 Å². The number of aryl methyl sites for hydroxylation is 1. The molecule has 2 aromatic rings. The van der Waals surface area contributed by atoms with E-state index >= 15 is 0 Å². The van der Waals surface area contributed by atoms with Crippen molar-refractivity contribution in [2.45, 2.75) is 33.0 Å². The van der Waals surface area contributed by atoms with Crippen LogP contribution in [0, 0.1) is 18.8 Å². The van der Waals surface area contributed by atoms with Gasteiger partial charge < -0.3 is 9.47 Å². The first kappa shape index (κ1) is 17.1. The average molecular weight is 330 g/mol. The van der Waals surface area contributed by atoms with Crippen LogP contribution >= 0.6 is 11.3 Å². The number of thiazole rings is 1. The Kier molecular flexibility index (Phi) is 6.27. The molecule has 5 nitrogen and oxygen atoms in total. The third-order valence-electron chi connectivity index (χ3n) is 2.89. The Hall–Kier alpha value is -2.23. The fraction of sp³-hybridized carbons (Fsp3) is 0.353. The number of carbonyl (C=O) groups is 1. The minimum absolute atomic E-state index is 0.293. The van der Waals surface area contributed by atoms with Gasteiger partial charge in [0.2, 0.25) is 0 Å². The lowest BCUT2D eigenvalue weighted by molar-refractivity contribution is 0.0357. The van der Waals surface area contributed by atoms with E-state index < -0.39 is 0 Å². The van der Waals surface area contributed by atoms with Crippen LogP contribution in [-0.2, 0) is 16.1 Å². The molecule has 0 aliphatic carbocycles. The molecule has 0 radical (unpaired) electrons. The zero-order valence-corrected chi connectivity index (χ0v) is 14.1. The molecule has 0 amide bonds. The zero-order chi connectivity index (χ0) is 16.7. The van der Waals surface area contributed by atoms with Crippen molar-refractivity contribution in [2.24, 2.45) is 0 Å². The van der Waals surface area contributed by atoms with E-state index in [4.69, 9.17) is 9.47 Å². The second-order valence-electron chi connectivity index (χ2n) is 4.92. The summed E-state index contributed by atoms with van der Waals surface area (Å²) in [5.41, 5.74) is 1.51. The van der Waals surface area contributed by atoms with Crippen LogP contribution in [0.5, 0.6) is 0 Å². The van der Waals surface area contributed by atoms with E-state index in [1.807, 2.05) is 19.1 Å². The molecule has 1 unspecified atom stereocenters. The summed E-state index contributed by atoms with van der Waals surface area (Å²) in [6.07, 6.45) is 3.56. The number of rotatable bonds is 5. The lowest BCUT2D eigenvalue weighted by atomic mass is 10.2. The number of pyridine rings is 1. The quantitative estimate of drug-likeness (QED) is 0.623. The summed E-state index contributed by atoms with van der Waals surface area (Å²) in [6.45, 7) is 4.01. The van der Waals surface area contributed by atoms with Crippen molar-refractivity contribution in [1.82, 2.24) is 9.97 Å². The van der Waals surface area contributed by atoms with Gasteiger partial charge in [0.1, 0.15) is 16.0 Å². The van der Waals surface area contributed by atoms with Crippen LogP contribution in [0.1, 0.15) is 39.3 Å². The number of ether oxygens (including phenoxy) is 2. The van der Waals surface area contributed by atoms with Gasteiger partial charge in [-0.15, -0.1) is 11.3 Å². The first-order valence-corrected chi connectivity index (χ1v) is 7.97. The standard InChI is InChI=1S/C17H18N2O3S/c1-12(6-4-7-14-8-5-9-18-10-14)22-17(20)16-13(2)19-15(23-16)11-21-3/h5,8-10,12H,6,11H2,1-3H3. The van der Waals surface area contributed by atoms with Gasteiger partial charge in [-0.1, -0.05) is 11.8 Å². The predicted octanol–water partition coefficient (Wildman–Crippen LogP) is 2.98. The highest BCUT2D eigenvalue weighted by atomic mass is 32.1. The van der Waals surface area contributed by atoms with Gasteiger partial charge in [0.15, 0.2) is 0 Å². The molecular formula is C17H18N2O3S. The number of aromatic nitrogens is 2. The number of methoxy groups -OCH3 is 1. The SMILES string of the molecule is COCc1nc(C)c(C(=O)OC(C)CC#Cc2cccnc2)s1. The van der Waals surface area contributed by atoms with Crippen molar-refractivity contribution < 1.29 is 14.3 Å². The molecule has 2 aromatic heterocycles. The van der Waals surface area contributed by atoms with Crippen LogP contribution < -0.4 is 0 Å². The summed E-state index contributed by atoms with van der Waals surface area (Å²) < 4.78 is 10.4. The number of hydrogen-bond acceptors (Lipinski definition) is 6. The predicted molar refractivity (Wildman–Crippen MR) is 88.2 cm³/mol. The average Bonchev–Trinajstić information content (AvgIpc) is 2.89. The molecule has 0 bridgehead atoms. The molecule has 0 aromatic carbocycles. The van der Waals surface area contributed by atoms with Gasteiger partial charge in [0, 0.05) is 31.5 Å². The van der Waals surface area contributed by atoms with E-state index in [9.17, 15) is 4.79 Å². The van der Waals surface area contributed by atoms with E-state index in [2.05, 4.69) is 21.8 Å². The topological polar surface area (TPSA) is 61.3 Å². The summed E-state index contributed by atoms with van der Waals surface area (Å²) in [5.74, 6) is 5.63. The first-order chi connectivity index (χ1) is 11.1. The first-order valence-electron chi connectivity index (χ1n) is 7.15. The molecule has 2 heterocycles. The van der Waals surface area contributed by atoms with Crippen molar-refractivity contribution in [2.75, 3.05) is 7.11 Å². The molecule has 120 valence electrons. The Balaban J connectivity index is 1.91. The molecule has 0 N–H and O–H groups in total. The summed E-state index contributed by atoms with van der Waals surface area (Å²) >= 11 is 1.30. The third-order valence-corrected chi connectivity index (χ3v) is 4.00. The fourth-order valence-corrected chi connectivity index (χ4v) is 2.76. The van der Waals surface area contributed by atoms with Gasteiger partial charge in [0.25, 0.3) is 0 Å². The van der Waals surface area contributed by atoms with Gasteiger partial charge in [-0.3, -0.25) is 4.98 Å². The lowest BCUT2D eigenvalue weighted by Crippen LogP contribution is -2.14. The highest BCUT2D eigenvalue weighted by Crippen LogP contribution is 2.20. The maximum Gasteiger partial charge on any atom is 0.350 e. The molecule has 2 rings (SSSR count). The molecule has 23 heavy (non-hydrogen) atoms. The minimum Gasteiger partial charge on any atom is -0.457 e. The minimum atomic E-state index is -0.363. The van der Waals surface area contributed by atoms with Crippen LogP contribution in [0.3, 0.4) is 0 Å². The smallest absolute Gasteiger partial charge is 0.350 e. The Morgan fingerprint density at radius 2 is 2.30 bits per heavy atom. The van der Waals surface area contributed by atoms with Gasteiger partial charge in [0.05, 0.1) is 12.3 Å². The lowest BCUT2D eigenvalue weighted by Gasteiger charge is -2.09.